The molecular formula is C34H30BrO2P. The predicted octanol–water partition coefficient (Wildman–Crippen LogP) is 3.68. The first-order valence-electron chi connectivity index (χ1n) is 12.6. The summed E-state index contributed by atoms with van der Waals surface area (Å²) in [5, 5.41) is 4.16. The van der Waals surface area contributed by atoms with Gasteiger partial charge >= 0.3 is 0 Å². The second-order valence-corrected chi connectivity index (χ2v) is 12.6. The third kappa shape index (κ3) is 6.13. The van der Waals surface area contributed by atoms with Crippen molar-refractivity contribution in [3.8, 4) is 5.75 Å². The zero-order chi connectivity index (χ0) is 25.3. The van der Waals surface area contributed by atoms with Crippen molar-refractivity contribution < 1.29 is 26.5 Å². The van der Waals surface area contributed by atoms with Gasteiger partial charge in [0.25, 0.3) is 0 Å². The SMILES string of the molecule is O=C(c1ccccc1)c1ccc(OCCC[P+](c2ccccc2)(c2ccccc2)c2ccccc2)cc1.[Br-]. The fourth-order valence-corrected chi connectivity index (χ4v) is 9.15. The highest BCUT2D eigenvalue weighted by molar-refractivity contribution is 7.95. The van der Waals surface area contributed by atoms with Crippen LogP contribution < -0.4 is 37.6 Å². The van der Waals surface area contributed by atoms with Crippen molar-refractivity contribution in [2.24, 2.45) is 0 Å². The molecule has 2 nitrogen and oxygen atoms in total. The molecule has 0 aliphatic carbocycles. The highest BCUT2D eigenvalue weighted by Crippen LogP contribution is 2.55. The summed E-state index contributed by atoms with van der Waals surface area (Å²) in [7, 11) is -1.85. The van der Waals surface area contributed by atoms with E-state index >= 15 is 0 Å². The first-order chi connectivity index (χ1) is 18.3. The molecule has 0 saturated carbocycles. The molecule has 0 aliphatic heterocycles. The maximum atomic E-state index is 12.7. The Morgan fingerprint density at radius 1 is 0.526 bits per heavy atom. The minimum Gasteiger partial charge on any atom is -1.00 e. The smallest absolute Gasteiger partial charge is 0.193 e. The van der Waals surface area contributed by atoms with Crippen LogP contribution in [0.15, 0.2) is 146 Å². The Hall–Kier alpha value is -3.52. The van der Waals surface area contributed by atoms with Gasteiger partial charge in [-0.3, -0.25) is 4.79 Å². The molecule has 0 bridgehead atoms. The number of carbonyl (C=O) groups excluding carboxylic acids is 1. The highest BCUT2D eigenvalue weighted by atomic mass is 79.9. The molecule has 0 saturated heterocycles. The normalized spacial score (nSPS) is 10.8. The van der Waals surface area contributed by atoms with Crippen LogP contribution in [-0.2, 0) is 0 Å². The average Bonchev–Trinajstić information content (AvgIpc) is 2.99. The minimum absolute atomic E-state index is 0. The largest absolute Gasteiger partial charge is 1.00 e. The number of carbonyl (C=O) groups is 1. The third-order valence-electron chi connectivity index (χ3n) is 6.65. The zero-order valence-corrected chi connectivity index (χ0v) is 23.6. The van der Waals surface area contributed by atoms with E-state index < -0.39 is 7.26 Å². The molecule has 0 amide bonds. The molecule has 0 fully saturated rings. The molecular weight excluding hydrogens is 551 g/mol. The van der Waals surface area contributed by atoms with Gasteiger partial charge in [0.2, 0.25) is 0 Å². The molecule has 5 aromatic carbocycles. The molecule has 190 valence electrons. The second kappa shape index (κ2) is 13.3. The van der Waals surface area contributed by atoms with Crippen molar-refractivity contribution in [3.63, 3.8) is 0 Å². The van der Waals surface area contributed by atoms with Crippen molar-refractivity contribution in [1.29, 1.82) is 0 Å². The Morgan fingerprint density at radius 3 is 1.37 bits per heavy atom. The molecule has 0 spiro atoms. The van der Waals surface area contributed by atoms with E-state index in [-0.39, 0.29) is 22.8 Å². The van der Waals surface area contributed by atoms with E-state index in [1.807, 2.05) is 54.6 Å². The summed E-state index contributed by atoms with van der Waals surface area (Å²) >= 11 is 0. The van der Waals surface area contributed by atoms with Gasteiger partial charge in [-0.2, -0.15) is 0 Å². The molecule has 0 aromatic heterocycles. The Morgan fingerprint density at radius 2 is 0.921 bits per heavy atom. The zero-order valence-electron chi connectivity index (χ0n) is 21.1. The quantitative estimate of drug-likeness (QED) is 0.143. The first kappa shape index (κ1) is 27.5. The van der Waals surface area contributed by atoms with Gasteiger partial charge in [0.15, 0.2) is 5.78 Å². The summed E-state index contributed by atoms with van der Waals surface area (Å²) in [6.45, 7) is 0.611. The van der Waals surface area contributed by atoms with Crippen molar-refractivity contribution >= 4 is 29.0 Å². The van der Waals surface area contributed by atoms with Crippen LogP contribution in [0.1, 0.15) is 22.3 Å². The van der Waals surface area contributed by atoms with E-state index in [9.17, 15) is 4.79 Å². The van der Waals surface area contributed by atoms with E-state index in [1.54, 1.807) is 0 Å². The van der Waals surface area contributed by atoms with Crippen LogP contribution in [0.2, 0.25) is 0 Å². The lowest BCUT2D eigenvalue weighted by Crippen LogP contribution is -3.00. The van der Waals surface area contributed by atoms with Gasteiger partial charge in [-0.15, -0.1) is 0 Å². The lowest BCUT2D eigenvalue weighted by Gasteiger charge is -2.27. The summed E-state index contributed by atoms with van der Waals surface area (Å²) in [6.07, 6.45) is 1.92. The number of halogens is 1. The number of ketones is 1. The van der Waals surface area contributed by atoms with Crippen LogP contribution in [0.5, 0.6) is 5.75 Å². The third-order valence-corrected chi connectivity index (χ3v) is 11.2. The topological polar surface area (TPSA) is 26.3 Å². The van der Waals surface area contributed by atoms with Crippen LogP contribution in [0.25, 0.3) is 0 Å². The molecule has 0 unspecified atom stereocenters. The predicted molar refractivity (Wildman–Crippen MR) is 156 cm³/mol. The molecule has 5 rings (SSSR count). The van der Waals surface area contributed by atoms with Gasteiger partial charge in [-0.05, 0) is 60.7 Å². The van der Waals surface area contributed by atoms with E-state index in [2.05, 4.69) is 91.0 Å². The molecule has 0 heterocycles. The van der Waals surface area contributed by atoms with Crippen molar-refractivity contribution in [2.45, 2.75) is 6.42 Å². The van der Waals surface area contributed by atoms with Crippen LogP contribution >= 0.6 is 7.26 Å². The van der Waals surface area contributed by atoms with Gasteiger partial charge in [0.05, 0.1) is 12.8 Å². The van der Waals surface area contributed by atoms with E-state index in [1.165, 1.54) is 15.9 Å². The number of ether oxygens (including phenoxy) is 1. The Bertz CT molecular complexity index is 1310. The number of rotatable bonds is 10. The fourth-order valence-electron chi connectivity index (χ4n) is 4.83. The number of hydrogen-bond acceptors (Lipinski definition) is 2. The summed E-state index contributed by atoms with van der Waals surface area (Å²) in [4.78, 5) is 12.7. The van der Waals surface area contributed by atoms with Crippen molar-refractivity contribution in [2.75, 3.05) is 12.8 Å². The highest BCUT2D eigenvalue weighted by Gasteiger charge is 2.44. The molecule has 5 aromatic rings. The lowest BCUT2D eigenvalue weighted by molar-refractivity contribution is -0.0000148. The van der Waals surface area contributed by atoms with Gasteiger partial charge in [-0.1, -0.05) is 84.9 Å². The molecule has 0 aliphatic rings. The molecule has 0 atom stereocenters. The number of benzene rings is 5. The van der Waals surface area contributed by atoms with E-state index in [0.717, 1.165) is 18.3 Å². The summed E-state index contributed by atoms with van der Waals surface area (Å²) in [5.74, 6) is 0.808. The second-order valence-electron chi connectivity index (χ2n) is 8.96. The van der Waals surface area contributed by atoms with Gasteiger partial charge in [-0.25, -0.2) is 0 Å². The van der Waals surface area contributed by atoms with Crippen LogP contribution in [-0.4, -0.2) is 18.6 Å². The molecule has 4 heteroatoms. The van der Waals surface area contributed by atoms with E-state index in [4.69, 9.17) is 4.74 Å². The summed E-state index contributed by atoms with van der Waals surface area (Å²) in [5.41, 5.74) is 1.36. The Balaban J connectivity index is 0.00000336. The number of hydrogen-bond donors (Lipinski definition) is 0. The van der Waals surface area contributed by atoms with Gasteiger partial charge in [0.1, 0.15) is 28.9 Å². The molecule has 38 heavy (non-hydrogen) atoms. The van der Waals surface area contributed by atoms with Crippen molar-refractivity contribution in [1.82, 2.24) is 0 Å². The fraction of sp³-hybridized carbons (Fsp3) is 0.0882. The van der Waals surface area contributed by atoms with Crippen molar-refractivity contribution in [3.05, 3.63) is 157 Å². The maximum absolute atomic E-state index is 12.7. The lowest BCUT2D eigenvalue weighted by atomic mass is 10.0. The monoisotopic (exact) mass is 580 g/mol. The van der Waals surface area contributed by atoms with Crippen LogP contribution in [0, 0.1) is 0 Å². The first-order valence-corrected chi connectivity index (χ1v) is 14.6. The Labute approximate surface area is 236 Å². The van der Waals surface area contributed by atoms with Crippen LogP contribution in [0.4, 0.5) is 0 Å². The van der Waals surface area contributed by atoms with Crippen LogP contribution in [0.3, 0.4) is 0 Å². The molecule has 0 radical (unpaired) electrons. The minimum atomic E-state index is -1.85. The summed E-state index contributed by atoms with van der Waals surface area (Å²) in [6, 6.07) is 49.6. The maximum Gasteiger partial charge on any atom is 0.193 e. The Kier molecular flexibility index (Phi) is 9.65. The molecule has 0 N–H and O–H groups in total. The van der Waals surface area contributed by atoms with Gasteiger partial charge < -0.3 is 21.7 Å². The van der Waals surface area contributed by atoms with Gasteiger partial charge in [0, 0.05) is 17.5 Å². The van der Waals surface area contributed by atoms with E-state index in [0.29, 0.717) is 17.7 Å². The summed E-state index contributed by atoms with van der Waals surface area (Å²) < 4.78 is 6.16. The average molecular weight is 581 g/mol. The standard InChI is InChI=1S/C34H30O2P.BrH/c35-34(28-14-5-1-6-15-28)29-22-24-30(25-23-29)36-26-13-27-37(31-16-7-2-8-17-31,32-18-9-3-10-19-32)33-20-11-4-12-21-33;/h1-12,14-25H,13,26-27H2;1H/q+1;/p-1.